The van der Waals surface area contributed by atoms with Crippen LogP contribution in [-0.4, -0.2) is 41.1 Å². The summed E-state index contributed by atoms with van der Waals surface area (Å²) in [5, 5.41) is 11.5. The number of carboxylic acids is 1. The minimum atomic E-state index is -0.986. The Hall–Kier alpha value is -4.07. The number of ether oxygens (including phenoxy) is 2. The molecule has 0 bridgehead atoms. The highest BCUT2D eigenvalue weighted by Gasteiger charge is 2.32. The molecule has 0 unspecified atom stereocenters. The number of urea groups is 1. The highest BCUT2D eigenvalue weighted by molar-refractivity contribution is 6.14. The SMILES string of the molecule is C=CCN1C(=O)NC(=Cc2ccc(OCc3ccc(C(=O)O)cc3)c(OCC)c2)C1=O. The van der Waals surface area contributed by atoms with E-state index in [0.717, 1.165) is 10.5 Å². The number of carbonyl (C=O) groups excluding carboxylic acids is 2. The summed E-state index contributed by atoms with van der Waals surface area (Å²) in [7, 11) is 0. The number of nitrogens with zero attached hydrogens (tertiary/aromatic N) is 1. The lowest BCUT2D eigenvalue weighted by Crippen LogP contribution is -2.30. The second-order valence-corrected chi connectivity index (χ2v) is 6.62. The number of hydrogen-bond donors (Lipinski definition) is 2. The molecule has 2 N–H and O–H groups in total. The van der Waals surface area contributed by atoms with E-state index in [1.54, 1.807) is 36.4 Å². The van der Waals surface area contributed by atoms with Crippen molar-refractivity contribution >= 4 is 24.0 Å². The average molecular weight is 422 g/mol. The summed E-state index contributed by atoms with van der Waals surface area (Å²) in [4.78, 5) is 36.3. The number of aromatic carboxylic acids is 1. The molecule has 1 aliphatic heterocycles. The number of hydrogen-bond acceptors (Lipinski definition) is 5. The van der Waals surface area contributed by atoms with Gasteiger partial charge in [0.1, 0.15) is 12.3 Å². The summed E-state index contributed by atoms with van der Waals surface area (Å²) in [6, 6.07) is 11.1. The van der Waals surface area contributed by atoms with Gasteiger partial charge < -0.3 is 19.9 Å². The molecule has 0 atom stereocenters. The minimum Gasteiger partial charge on any atom is -0.490 e. The molecule has 3 rings (SSSR count). The summed E-state index contributed by atoms with van der Waals surface area (Å²) in [6.07, 6.45) is 3.05. The second-order valence-electron chi connectivity index (χ2n) is 6.62. The van der Waals surface area contributed by atoms with Crippen molar-refractivity contribution in [3.05, 3.63) is 77.5 Å². The maximum absolute atomic E-state index is 12.3. The first-order valence-electron chi connectivity index (χ1n) is 9.60. The number of amides is 3. The van der Waals surface area contributed by atoms with Crippen LogP contribution in [0.4, 0.5) is 4.79 Å². The van der Waals surface area contributed by atoms with Gasteiger partial charge in [0.05, 0.1) is 12.2 Å². The summed E-state index contributed by atoms with van der Waals surface area (Å²) in [5.74, 6) is -0.423. The molecule has 0 radical (unpaired) electrons. The Balaban J connectivity index is 1.76. The standard InChI is InChI=1S/C23H22N2O6/c1-3-11-25-21(26)18(24-23(25)29)12-16-7-10-19(20(13-16)30-4-2)31-14-15-5-8-17(9-6-15)22(27)28/h3,5-10,12-13H,1,4,11,14H2,2H3,(H,24,29)(H,27,28). The van der Waals surface area contributed by atoms with Gasteiger partial charge in [0, 0.05) is 6.54 Å². The molecular formula is C23H22N2O6. The summed E-state index contributed by atoms with van der Waals surface area (Å²) in [6.45, 7) is 6.15. The van der Waals surface area contributed by atoms with Crippen LogP contribution < -0.4 is 14.8 Å². The van der Waals surface area contributed by atoms with Crippen LogP contribution in [0.1, 0.15) is 28.4 Å². The Morgan fingerprint density at radius 3 is 2.52 bits per heavy atom. The van der Waals surface area contributed by atoms with Crippen LogP contribution in [0.2, 0.25) is 0 Å². The van der Waals surface area contributed by atoms with Crippen molar-refractivity contribution in [2.45, 2.75) is 13.5 Å². The summed E-state index contributed by atoms with van der Waals surface area (Å²) in [5.41, 5.74) is 1.84. The van der Waals surface area contributed by atoms with Crippen LogP contribution in [0.5, 0.6) is 11.5 Å². The van der Waals surface area contributed by atoms with Gasteiger partial charge in [-0.25, -0.2) is 9.59 Å². The van der Waals surface area contributed by atoms with Gasteiger partial charge in [-0.05, 0) is 48.4 Å². The van der Waals surface area contributed by atoms with Crippen molar-refractivity contribution in [2.24, 2.45) is 0 Å². The van der Waals surface area contributed by atoms with E-state index in [1.165, 1.54) is 18.2 Å². The maximum Gasteiger partial charge on any atom is 0.335 e. The average Bonchev–Trinajstić information content (AvgIpc) is 3.01. The molecule has 0 saturated carbocycles. The lowest BCUT2D eigenvalue weighted by Gasteiger charge is -2.13. The third-order valence-electron chi connectivity index (χ3n) is 4.45. The first-order valence-corrected chi connectivity index (χ1v) is 9.60. The van der Waals surface area contributed by atoms with Gasteiger partial charge in [-0.2, -0.15) is 0 Å². The third-order valence-corrected chi connectivity index (χ3v) is 4.45. The van der Waals surface area contributed by atoms with E-state index >= 15 is 0 Å². The fraction of sp³-hybridized carbons (Fsp3) is 0.174. The Morgan fingerprint density at radius 1 is 1.13 bits per heavy atom. The van der Waals surface area contributed by atoms with Gasteiger partial charge in [-0.15, -0.1) is 6.58 Å². The van der Waals surface area contributed by atoms with E-state index in [9.17, 15) is 14.4 Å². The van der Waals surface area contributed by atoms with Crippen LogP contribution in [0, 0.1) is 0 Å². The quantitative estimate of drug-likeness (QED) is 0.364. The molecule has 3 amide bonds. The predicted molar refractivity (Wildman–Crippen MR) is 114 cm³/mol. The van der Waals surface area contributed by atoms with Crippen molar-refractivity contribution < 1.29 is 29.0 Å². The fourth-order valence-corrected chi connectivity index (χ4v) is 2.94. The highest BCUT2D eigenvalue weighted by atomic mass is 16.5. The van der Waals surface area contributed by atoms with Gasteiger partial charge in [0.25, 0.3) is 5.91 Å². The predicted octanol–water partition coefficient (Wildman–Crippen LogP) is 3.44. The zero-order valence-electron chi connectivity index (χ0n) is 17.0. The zero-order chi connectivity index (χ0) is 22.4. The van der Waals surface area contributed by atoms with Gasteiger partial charge in [-0.1, -0.05) is 24.3 Å². The van der Waals surface area contributed by atoms with E-state index in [-0.39, 0.29) is 24.4 Å². The lowest BCUT2D eigenvalue weighted by molar-refractivity contribution is -0.122. The number of carboxylic acid groups (broad SMARTS) is 1. The second kappa shape index (κ2) is 9.62. The molecule has 160 valence electrons. The van der Waals surface area contributed by atoms with Crippen LogP contribution >= 0.6 is 0 Å². The first-order chi connectivity index (χ1) is 14.9. The molecule has 0 aliphatic carbocycles. The molecule has 8 nitrogen and oxygen atoms in total. The van der Waals surface area contributed by atoms with Crippen LogP contribution in [0.25, 0.3) is 6.08 Å². The van der Waals surface area contributed by atoms with E-state index in [4.69, 9.17) is 14.6 Å². The van der Waals surface area contributed by atoms with Crippen molar-refractivity contribution in [1.82, 2.24) is 10.2 Å². The molecule has 2 aromatic rings. The minimum absolute atomic E-state index is 0.131. The molecule has 0 spiro atoms. The molecule has 0 aromatic heterocycles. The number of carbonyl (C=O) groups is 3. The Labute approximate surface area is 179 Å². The number of benzene rings is 2. The topological polar surface area (TPSA) is 105 Å². The largest absolute Gasteiger partial charge is 0.490 e. The van der Waals surface area contributed by atoms with E-state index in [0.29, 0.717) is 23.7 Å². The van der Waals surface area contributed by atoms with Crippen LogP contribution in [0.3, 0.4) is 0 Å². The Morgan fingerprint density at radius 2 is 1.87 bits per heavy atom. The van der Waals surface area contributed by atoms with Gasteiger partial charge in [0.15, 0.2) is 11.5 Å². The molecule has 8 heteroatoms. The lowest BCUT2D eigenvalue weighted by atomic mass is 10.1. The van der Waals surface area contributed by atoms with E-state index in [1.807, 2.05) is 6.92 Å². The zero-order valence-corrected chi connectivity index (χ0v) is 17.0. The van der Waals surface area contributed by atoms with Crippen molar-refractivity contribution in [3.63, 3.8) is 0 Å². The molecule has 2 aromatic carbocycles. The molecule has 31 heavy (non-hydrogen) atoms. The number of rotatable bonds is 9. The van der Waals surface area contributed by atoms with Crippen molar-refractivity contribution in [3.8, 4) is 11.5 Å². The van der Waals surface area contributed by atoms with E-state index in [2.05, 4.69) is 11.9 Å². The maximum atomic E-state index is 12.3. The smallest absolute Gasteiger partial charge is 0.335 e. The number of nitrogens with one attached hydrogen (secondary N) is 1. The molecular weight excluding hydrogens is 400 g/mol. The first kappa shape index (κ1) is 21.6. The van der Waals surface area contributed by atoms with Gasteiger partial charge in [-0.3, -0.25) is 9.69 Å². The Bertz CT molecular complexity index is 1040. The molecule has 1 heterocycles. The summed E-state index contributed by atoms with van der Waals surface area (Å²) < 4.78 is 11.5. The Kier molecular flexibility index (Phi) is 6.71. The fourth-order valence-electron chi connectivity index (χ4n) is 2.94. The van der Waals surface area contributed by atoms with Crippen molar-refractivity contribution in [1.29, 1.82) is 0 Å². The third kappa shape index (κ3) is 5.11. The molecule has 1 aliphatic rings. The summed E-state index contributed by atoms with van der Waals surface area (Å²) >= 11 is 0. The van der Waals surface area contributed by atoms with Gasteiger partial charge in [0.2, 0.25) is 0 Å². The van der Waals surface area contributed by atoms with Gasteiger partial charge >= 0.3 is 12.0 Å². The molecule has 1 saturated heterocycles. The highest BCUT2D eigenvalue weighted by Crippen LogP contribution is 2.30. The molecule has 1 fully saturated rings. The van der Waals surface area contributed by atoms with E-state index < -0.39 is 17.9 Å². The number of imide groups is 1. The monoisotopic (exact) mass is 422 g/mol. The normalized spacial score (nSPS) is 14.5. The van der Waals surface area contributed by atoms with Crippen LogP contribution in [0.15, 0.2) is 60.8 Å². The van der Waals surface area contributed by atoms with Crippen LogP contribution in [-0.2, 0) is 11.4 Å². The van der Waals surface area contributed by atoms with Crippen molar-refractivity contribution in [2.75, 3.05) is 13.2 Å².